The van der Waals surface area contributed by atoms with Crippen LogP contribution < -0.4 is 0 Å². The second-order valence-electron chi connectivity index (χ2n) is 9.75. The number of alkyl halides is 6. The van der Waals surface area contributed by atoms with Crippen LogP contribution in [0.25, 0.3) is 0 Å². The fraction of sp³-hybridized carbons (Fsp3) is 0.552. The number of likely N-dealkylation sites (tertiary alicyclic amines) is 1. The van der Waals surface area contributed by atoms with Crippen LogP contribution in [0.2, 0.25) is 0 Å². The van der Waals surface area contributed by atoms with Crippen molar-refractivity contribution in [3.63, 3.8) is 0 Å². The van der Waals surface area contributed by atoms with E-state index in [2.05, 4.69) is 49.2 Å². The van der Waals surface area contributed by atoms with Crippen LogP contribution in [-0.4, -0.2) is 49.5 Å². The molecule has 0 spiro atoms. The lowest BCUT2D eigenvalue weighted by Gasteiger charge is -2.35. The molecule has 10 heteroatoms. The standard InChI is InChI=1S/C18H28N2O.C11H10F6O/c1-3-4-6-11-17(16-9-7-5-8-10-16)19(2)14-15-20-13-12-18(20)21;1-6(18-2)7-3-8(10(12,13)14)5-9(4-7)11(15,16)17/h5,7-10,17H,3-4,6,11-15H2,1-2H3;3-6H,1-2H3. The Morgan fingerprint density at radius 3 is 1.97 bits per heavy atom. The summed E-state index contributed by atoms with van der Waals surface area (Å²) in [6.07, 6.45) is -4.76. The van der Waals surface area contributed by atoms with E-state index >= 15 is 0 Å². The number of carbonyl (C=O) groups excluding carboxylic acids is 1. The number of nitrogens with zero attached hydrogens (tertiary/aromatic N) is 2. The van der Waals surface area contributed by atoms with Gasteiger partial charge in [-0.3, -0.25) is 9.69 Å². The molecular weight excluding hydrogens is 522 g/mol. The van der Waals surface area contributed by atoms with Crippen molar-refractivity contribution < 1.29 is 35.9 Å². The van der Waals surface area contributed by atoms with Gasteiger partial charge in [0.15, 0.2) is 0 Å². The van der Waals surface area contributed by atoms with Crippen molar-refractivity contribution in [3.8, 4) is 0 Å². The van der Waals surface area contributed by atoms with Gasteiger partial charge in [-0.2, -0.15) is 26.3 Å². The van der Waals surface area contributed by atoms with Crippen LogP contribution in [0.3, 0.4) is 0 Å². The van der Waals surface area contributed by atoms with Gasteiger partial charge in [0.1, 0.15) is 0 Å². The molecule has 4 nitrogen and oxygen atoms in total. The quantitative estimate of drug-likeness (QED) is 0.159. The summed E-state index contributed by atoms with van der Waals surface area (Å²) < 4.78 is 79.7. The summed E-state index contributed by atoms with van der Waals surface area (Å²) in [5.41, 5.74) is -1.45. The molecular formula is C29H38F6N2O2. The first-order valence-corrected chi connectivity index (χ1v) is 13.1. The molecule has 2 atom stereocenters. The Bertz CT molecular complexity index is 994. The molecule has 0 aliphatic carbocycles. The number of β-lactam (4-membered cyclic amide) rings is 1. The second-order valence-corrected chi connectivity index (χ2v) is 9.75. The highest BCUT2D eigenvalue weighted by Crippen LogP contribution is 2.37. The number of benzene rings is 2. The van der Waals surface area contributed by atoms with Crippen molar-refractivity contribution in [2.75, 3.05) is 33.8 Å². The van der Waals surface area contributed by atoms with Crippen LogP contribution >= 0.6 is 0 Å². The molecule has 0 aromatic heterocycles. The number of halogens is 6. The van der Waals surface area contributed by atoms with E-state index in [-0.39, 0.29) is 11.6 Å². The van der Waals surface area contributed by atoms with Gasteiger partial charge in [0.2, 0.25) is 5.91 Å². The zero-order valence-corrected chi connectivity index (χ0v) is 22.9. The minimum absolute atomic E-state index is 0.0892. The van der Waals surface area contributed by atoms with Crippen LogP contribution in [0.5, 0.6) is 0 Å². The smallest absolute Gasteiger partial charge is 0.377 e. The van der Waals surface area contributed by atoms with Crippen molar-refractivity contribution in [1.29, 1.82) is 0 Å². The molecule has 218 valence electrons. The minimum Gasteiger partial charge on any atom is -0.377 e. The molecule has 1 saturated heterocycles. The molecule has 2 aromatic carbocycles. The number of unbranched alkanes of at least 4 members (excludes halogenated alkanes) is 2. The average Bonchev–Trinajstić information content (AvgIpc) is 2.89. The molecule has 0 saturated carbocycles. The van der Waals surface area contributed by atoms with E-state index in [1.807, 2.05) is 4.90 Å². The van der Waals surface area contributed by atoms with Gasteiger partial charge in [-0.15, -0.1) is 0 Å². The highest BCUT2D eigenvalue weighted by atomic mass is 19.4. The predicted octanol–water partition coefficient (Wildman–Crippen LogP) is 7.90. The van der Waals surface area contributed by atoms with Crippen molar-refractivity contribution in [2.24, 2.45) is 0 Å². The van der Waals surface area contributed by atoms with Crippen molar-refractivity contribution in [1.82, 2.24) is 9.80 Å². The molecule has 1 aliphatic rings. The first kappa shape index (κ1) is 32.6. The minimum atomic E-state index is -4.83. The van der Waals surface area contributed by atoms with Crippen molar-refractivity contribution in [3.05, 3.63) is 70.8 Å². The van der Waals surface area contributed by atoms with Gasteiger partial charge in [-0.1, -0.05) is 56.5 Å². The highest BCUT2D eigenvalue weighted by Gasteiger charge is 2.37. The number of amides is 1. The zero-order chi connectivity index (χ0) is 29.2. The Morgan fingerprint density at radius 1 is 0.949 bits per heavy atom. The van der Waals surface area contributed by atoms with Gasteiger partial charge in [-0.25, -0.2) is 0 Å². The molecule has 0 bridgehead atoms. The van der Waals surface area contributed by atoms with Gasteiger partial charge in [-0.05, 0) is 49.7 Å². The fourth-order valence-corrected chi connectivity index (χ4v) is 4.29. The molecule has 2 unspecified atom stereocenters. The van der Waals surface area contributed by atoms with Gasteiger partial charge in [0.25, 0.3) is 0 Å². The lowest BCUT2D eigenvalue weighted by molar-refractivity contribution is -0.143. The van der Waals surface area contributed by atoms with Crippen molar-refractivity contribution >= 4 is 5.91 Å². The lowest BCUT2D eigenvalue weighted by Crippen LogP contribution is -2.47. The maximum Gasteiger partial charge on any atom is 0.416 e. The molecule has 2 aromatic rings. The van der Waals surface area contributed by atoms with Gasteiger partial charge < -0.3 is 9.64 Å². The third-order valence-corrected chi connectivity index (χ3v) is 6.90. The molecule has 1 fully saturated rings. The molecule has 0 radical (unpaired) electrons. The summed E-state index contributed by atoms with van der Waals surface area (Å²) in [6, 6.07) is 12.6. The largest absolute Gasteiger partial charge is 0.416 e. The number of hydrogen-bond acceptors (Lipinski definition) is 3. The first-order chi connectivity index (χ1) is 18.3. The summed E-state index contributed by atoms with van der Waals surface area (Å²) in [7, 11) is 3.39. The number of likely N-dealkylation sites (N-methyl/N-ethyl adjacent to an activating group) is 1. The second kappa shape index (κ2) is 14.7. The summed E-state index contributed by atoms with van der Waals surface area (Å²) in [5, 5.41) is 0. The third kappa shape index (κ3) is 10.1. The van der Waals surface area contributed by atoms with Crippen LogP contribution in [0.1, 0.15) is 80.4 Å². The van der Waals surface area contributed by atoms with Crippen molar-refractivity contribution in [2.45, 2.75) is 70.4 Å². The Morgan fingerprint density at radius 2 is 1.54 bits per heavy atom. The number of ether oxygens (including phenoxy) is 1. The number of methoxy groups -OCH3 is 1. The number of carbonyl (C=O) groups is 1. The molecule has 1 heterocycles. The van der Waals surface area contributed by atoms with Gasteiger partial charge in [0.05, 0.1) is 17.2 Å². The fourth-order valence-electron chi connectivity index (χ4n) is 4.29. The summed E-state index contributed by atoms with van der Waals surface area (Å²) >= 11 is 0. The van der Waals surface area contributed by atoms with Gasteiger partial charge in [0, 0.05) is 39.2 Å². The Labute approximate surface area is 226 Å². The van der Waals surface area contributed by atoms with Gasteiger partial charge >= 0.3 is 12.4 Å². The van der Waals surface area contributed by atoms with E-state index in [0.29, 0.717) is 24.1 Å². The maximum atomic E-state index is 12.5. The molecule has 1 amide bonds. The normalized spacial score (nSPS) is 15.5. The maximum absolute atomic E-state index is 12.5. The summed E-state index contributed by atoms with van der Waals surface area (Å²) in [5.74, 6) is 0.311. The molecule has 3 rings (SSSR count). The van der Waals surface area contributed by atoms with E-state index < -0.39 is 29.6 Å². The Kier molecular flexibility index (Phi) is 12.3. The topological polar surface area (TPSA) is 32.8 Å². The SMILES string of the molecule is CCCCCC(c1ccccc1)N(C)CCN1CCC1=O.COC(C)c1cc(C(F)(F)F)cc(C(F)(F)F)c1. The Hall–Kier alpha value is -2.59. The first-order valence-electron chi connectivity index (χ1n) is 13.1. The van der Waals surface area contributed by atoms with E-state index in [1.165, 1.54) is 45.3 Å². The van der Waals surface area contributed by atoms with Crippen LogP contribution in [0, 0.1) is 0 Å². The highest BCUT2D eigenvalue weighted by molar-refractivity contribution is 5.81. The third-order valence-electron chi connectivity index (χ3n) is 6.90. The molecule has 1 aliphatic heterocycles. The van der Waals surface area contributed by atoms with Crippen LogP contribution in [-0.2, 0) is 21.9 Å². The van der Waals surface area contributed by atoms with E-state index in [4.69, 9.17) is 4.74 Å². The van der Waals surface area contributed by atoms with Crippen LogP contribution in [0.4, 0.5) is 26.3 Å². The van der Waals surface area contributed by atoms with Crippen LogP contribution in [0.15, 0.2) is 48.5 Å². The van der Waals surface area contributed by atoms with E-state index in [9.17, 15) is 31.1 Å². The summed E-state index contributed by atoms with van der Waals surface area (Å²) in [6.45, 7) is 6.38. The zero-order valence-electron chi connectivity index (χ0n) is 22.9. The van der Waals surface area contributed by atoms with E-state index in [1.54, 1.807) is 0 Å². The summed E-state index contributed by atoms with van der Waals surface area (Å²) in [4.78, 5) is 15.8. The lowest BCUT2D eigenvalue weighted by atomic mass is 9.99. The number of hydrogen-bond donors (Lipinski definition) is 0. The predicted molar refractivity (Wildman–Crippen MR) is 139 cm³/mol. The average molecular weight is 561 g/mol. The monoisotopic (exact) mass is 560 g/mol. The number of rotatable bonds is 11. The molecule has 39 heavy (non-hydrogen) atoms. The van der Waals surface area contributed by atoms with E-state index in [0.717, 1.165) is 26.1 Å². The Balaban J connectivity index is 0.000000277. The molecule has 0 N–H and O–H groups in total.